The number of rotatable bonds is 3. The molecule has 1 aliphatic heterocycles. The Morgan fingerprint density at radius 3 is 2.77 bits per heavy atom. The van der Waals surface area contributed by atoms with Crippen LogP contribution in [0.1, 0.15) is 33.1 Å². The molecule has 0 aliphatic carbocycles. The van der Waals surface area contributed by atoms with Gasteiger partial charge in [0.1, 0.15) is 6.29 Å². The Morgan fingerprint density at radius 2 is 2.31 bits per heavy atom. The number of ether oxygens (including phenoxy) is 2. The molecule has 0 bridgehead atoms. The van der Waals surface area contributed by atoms with E-state index >= 15 is 0 Å². The number of carbonyl (C=O) groups is 1. The molecule has 1 rings (SSSR count). The summed E-state index contributed by atoms with van der Waals surface area (Å²) in [5, 5.41) is 0. The van der Waals surface area contributed by atoms with Crippen LogP contribution in [0.15, 0.2) is 0 Å². The van der Waals surface area contributed by atoms with Gasteiger partial charge in [-0.15, -0.1) is 0 Å². The normalized spacial score (nSPS) is 40.2. The van der Waals surface area contributed by atoms with Crippen LogP contribution in [0.5, 0.6) is 0 Å². The Morgan fingerprint density at radius 1 is 1.62 bits per heavy atom. The smallest absolute Gasteiger partial charge is 0.174 e. The monoisotopic (exact) mass is 186 g/mol. The van der Waals surface area contributed by atoms with E-state index in [0.717, 1.165) is 19.1 Å². The number of hydrogen-bond donors (Lipinski definition) is 0. The molecule has 3 nitrogen and oxygen atoms in total. The number of methoxy groups -OCH3 is 1. The quantitative estimate of drug-likeness (QED) is 0.630. The predicted octanol–water partition coefficient (Wildman–Crippen LogP) is 1.75. The van der Waals surface area contributed by atoms with Crippen molar-refractivity contribution in [3.8, 4) is 0 Å². The van der Waals surface area contributed by atoms with Crippen molar-refractivity contribution in [1.82, 2.24) is 0 Å². The minimum Gasteiger partial charge on any atom is -0.353 e. The molecule has 1 aliphatic rings. The van der Waals surface area contributed by atoms with Gasteiger partial charge in [0.15, 0.2) is 5.79 Å². The summed E-state index contributed by atoms with van der Waals surface area (Å²) in [7, 11) is 1.60. The van der Waals surface area contributed by atoms with E-state index in [2.05, 4.69) is 6.92 Å². The Balaban J connectivity index is 2.62. The van der Waals surface area contributed by atoms with Gasteiger partial charge in [0.25, 0.3) is 0 Å². The Kier molecular flexibility index (Phi) is 3.45. The molecule has 0 N–H and O–H groups in total. The maximum absolute atomic E-state index is 10.5. The summed E-state index contributed by atoms with van der Waals surface area (Å²) >= 11 is 0. The standard InChI is InChI=1S/C10H18O3/c1-8-4-5-10(12-3,6-7-11)13-9(8)2/h7-9H,4-6H2,1-3H3. The highest BCUT2D eigenvalue weighted by atomic mass is 16.7. The summed E-state index contributed by atoms with van der Waals surface area (Å²) in [6.07, 6.45) is 3.25. The zero-order valence-electron chi connectivity index (χ0n) is 8.58. The second-order valence-corrected chi connectivity index (χ2v) is 3.82. The van der Waals surface area contributed by atoms with Gasteiger partial charge in [-0.3, -0.25) is 0 Å². The van der Waals surface area contributed by atoms with E-state index < -0.39 is 5.79 Å². The zero-order chi connectivity index (χ0) is 9.90. The second-order valence-electron chi connectivity index (χ2n) is 3.82. The summed E-state index contributed by atoms with van der Waals surface area (Å²) in [4.78, 5) is 10.5. The van der Waals surface area contributed by atoms with Crippen molar-refractivity contribution in [3.63, 3.8) is 0 Å². The van der Waals surface area contributed by atoms with E-state index in [9.17, 15) is 4.79 Å². The highest BCUT2D eigenvalue weighted by Crippen LogP contribution is 2.34. The molecule has 1 saturated heterocycles. The molecule has 0 saturated carbocycles. The van der Waals surface area contributed by atoms with Crippen molar-refractivity contribution in [1.29, 1.82) is 0 Å². The lowest BCUT2D eigenvalue weighted by Gasteiger charge is -2.41. The predicted molar refractivity (Wildman–Crippen MR) is 49.4 cm³/mol. The van der Waals surface area contributed by atoms with E-state index in [1.807, 2.05) is 6.92 Å². The average molecular weight is 186 g/mol. The summed E-state index contributed by atoms with van der Waals surface area (Å²) in [5.41, 5.74) is 0. The van der Waals surface area contributed by atoms with Gasteiger partial charge in [0, 0.05) is 13.5 Å². The van der Waals surface area contributed by atoms with Crippen LogP contribution < -0.4 is 0 Å². The van der Waals surface area contributed by atoms with Crippen LogP contribution in [0.3, 0.4) is 0 Å². The van der Waals surface area contributed by atoms with Gasteiger partial charge in [-0.1, -0.05) is 6.92 Å². The highest BCUT2D eigenvalue weighted by molar-refractivity contribution is 5.50. The molecule has 0 aromatic rings. The lowest BCUT2D eigenvalue weighted by molar-refractivity contribution is -0.274. The Hall–Kier alpha value is -0.410. The van der Waals surface area contributed by atoms with Crippen LogP contribution in [0.25, 0.3) is 0 Å². The van der Waals surface area contributed by atoms with Gasteiger partial charge in [0.05, 0.1) is 12.5 Å². The summed E-state index contributed by atoms with van der Waals surface area (Å²) in [6.45, 7) is 4.19. The largest absolute Gasteiger partial charge is 0.353 e. The van der Waals surface area contributed by atoms with Crippen LogP contribution in [-0.2, 0) is 14.3 Å². The molecule has 1 fully saturated rings. The van der Waals surface area contributed by atoms with E-state index in [0.29, 0.717) is 12.3 Å². The fourth-order valence-electron chi connectivity index (χ4n) is 1.71. The van der Waals surface area contributed by atoms with Crippen molar-refractivity contribution in [3.05, 3.63) is 0 Å². The molecule has 13 heavy (non-hydrogen) atoms. The van der Waals surface area contributed by atoms with Crippen LogP contribution >= 0.6 is 0 Å². The molecule has 0 aromatic carbocycles. The molecule has 1 heterocycles. The van der Waals surface area contributed by atoms with Crippen LogP contribution in [0.4, 0.5) is 0 Å². The number of carbonyl (C=O) groups excluding carboxylic acids is 1. The molecule has 0 spiro atoms. The fraction of sp³-hybridized carbons (Fsp3) is 0.900. The molecule has 76 valence electrons. The molecule has 0 aromatic heterocycles. The fourth-order valence-corrected chi connectivity index (χ4v) is 1.71. The number of hydrogen-bond acceptors (Lipinski definition) is 3. The summed E-state index contributed by atoms with van der Waals surface area (Å²) in [5.74, 6) is -0.0943. The Labute approximate surface area is 79.4 Å². The van der Waals surface area contributed by atoms with Gasteiger partial charge in [-0.2, -0.15) is 0 Å². The van der Waals surface area contributed by atoms with Crippen LogP contribution in [0.2, 0.25) is 0 Å². The van der Waals surface area contributed by atoms with Crippen molar-refractivity contribution in [2.45, 2.75) is 45.0 Å². The highest BCUT2D eigenvalue weighted by Gasteiger charge is 2.38. The van der Waals surface area contributed by atoms with Crippen LogP contribution in [-0.4, -0.2) is 25.3 Å². The van der Waals surface area contributed by atoms with Gasteiger partial charge >= 0.3 is 0 Å². The third kappa shape index (κ3) is 2.29. The van der Waals surface area contributed by atoms with Crippen molar-refractivity contribution >= 4 is 6.29 Å². The van der Waals surface area contributed by atoms with Gasteiger partial charge in [0.2, 0.25) is 0 Å². The molecule has 0 radical (unpaired) electrons. The molecule has 3 atom stereocenters. The Bertz CT molecular complexity index is 181. The van der Waals surface area contributed by atoms with Crippen LogP contribution in [0, 0.1) is 5.92 Å². The SMILES string of the molecule is COC1(CC=O)CCC(C)C(C)O1. The summed E-state index contributed by atoms with van der Waals surface area (Å²) < 4.78 is 11.0. The minimum absolute atomic E-state index is 0.175. The third-order valence-corrected chi connectivity index (χ3v) is 2.95. The lowest BCUT2D eigenvalue weighted by Crippen LogP contribution is -2.44. The average Bonchev–Trinajstić information content (AvgIpc) is 2.12. The first-order valence-electron chi connectivity index (χ1n) is 4.80. The molecular weight excluding hydrogens is 168 g/mol. The first-order valence-corrected chi connectivity index (χ1v) is 4.80. The minimum atomic E-state index is -0.645. The maximum atomic E-state index is 10.5. The zero-order valence-corrected chi connectivity index (χ0v) is 8.58. The first kappa shape index (κ1) is 10.7. The van der Waals surface area contributed by atoms with Crippen molar-refractivity contribution < 1.29 is 14.3 Å². The summed E-state index contributed by atoms with van der Waals surface area (Å²) in [6, 6.07) is 0. The van der Waals surface area contributed by atoms with Crippen molar-refractivity contribution in [2.24, 2.45) is 5.92 Å². The maximum Gasteiger partial charge on any atom is 0.174 e. The van der Waals surface area contributed by atoms with Gasteiger partial charge < -0.3 is 14.3 Å². The molecule has 0 amide bonds. The van der Waals surface area contributed by atoms with E-state index in [4.69, 9.17) is 9.47 Å². The second kappa shape index (κ2) is 4.20. The van der Waals surface area contributed by atoms with E-state index in [1.165, 1.54) is 0 Å². The third-order valence-electron chi connectivity index (χ3n) is 2.95. The van der Waals surface area contributed by atoms with E-state index in [1.54, 1.807) is 7.11 Å². The number of aldehydes is 1. The van der Waals surface area contributed by atoms with Gasteiger partial charge in [-0.05, 0) is 19.3 Å². The topological polar surface area (TPSA) is 35.5 Å². The lowest BCUT2D eigenvalue weighted by atomic mass is 9.91. The molecule has 3 heteroatoms. The molecular formula is C10H18O3. The van der Waals surface area contributed by atoms with Gasteiger partial charge in [-0.25, -0.2) is 0 Å². The first-order chi connectivity index (χ1) is 6.13. The van der Waals surface area contributed by atoms with E-state index in [-0.39, 0.29) is 6.10 Å². The molecule has 3 unspecified atom stereocenters. The van der Waals surface area contributed by atoms with Crippen molar-refractivity contribution in [2.75, 3.05) is 7.11 Å².